The highest BCUT2D eigenvalue weighted by Gasteiger charge is 2.14. The molecule has 0 aliphatic rings. The monoisotopic (exact) mass is 366 g/mol. The van der Waals surface area contributed by atoms with Crippen molar-refractivity contribution in [1.29, 1.82) is 0 Å². The van der Waals surface area contributed by atoms with Gasteiger partial charge in [-0.1, -0.05) is 6.07 Å². The highest BCUT2D eigenvalue weighted by Crippen LogP contribution is 2.22. The number of anilines is 1. The number of thioether (sulfide) groups is 1. The van der Waals surface area contributed by atoms with Gasteiger partial charge in [-0.05, 0) is 48.7 Å². The summed E-state index contributed by atoms with van der Waals surface area (Å²) < 4.78 is 32.6. The lowest BCUT2D eigenvalue weighted by Gasteiger charge is -2.10. The average Bonchev–Trinajstić information content (AvgIpc) is 2.59. The minimum Gasteiger partial charge on any atom is -0.484 e. The van der Waals surface area contributed by atoms with Crippen molar-refractivity contribution in [2.45, 2.75) is 9.79 Å². The van der Waals surface area contributed by atoms with Gasteiger partial charge in [-0.25, -0.2) is 8.42 Å². The van der Waals surface area contributed by atoms with E-state index in [-0.39, 0.29) is 17.4 Å². The summed E-state index contributed by atoms with van der Waals surface area (Å²) in [4.78, 5) is 12.2. The van der Waals surface area contributed by atoms with Crippen molar-refractivity contribution in [2.24, 2.45) is 0 Å². The van der Waals surface area contributed by atoms with Crippen LogP contribution in [-0.4, -0.2) is 34.2 Å². The van der Waals surface area contributed by atoms with Gasteiger partial charge in [0.25, 0.3) is 15.9 Å². The van der Waals surface area contributed by atoms with E-state index >= 15 is 0 Å². The first-order chi connectivity index (χ1) is 11.4. The predicted molar refractivity (Wildman–Crippen MR) is 95.0 cm³/mol. The van der Waals surface area contributed by atoms with Gasteiger partial charge in [0, 0.05) is 17.6 Å². The van der Waals surface area contributed by atoms with Gasteiger partial charge < -0.3 is 10.1 Å². The minimum absolute atomic E-state index is 0.115. The molecule has 2 aromatic rings. The first-order valence-corrected chi connectivity index (χ1v) is 9.76. The first-order valence-electron chi connectivity index (χ1n) is 7.05. The summed E-state index contributed by atoms with van der Waals surface area (Å²) in [5.41, 5.74) is 0.502. The van der Waals surface area contributed by atoms with Gasteiger partial charge in [0.15, 0.2) is 6.61 Å². The van der Waals surface area contributed by atoms with E-state index in [9.17, 15) is 13.2 Å². The summed E-state index contributed by atoms with van der Waals surface area (Å²) >= 11 is 1.53. The van der Waals surface area contributed by atoms with Gasteiger partial charge in [-0.2, -0.15) is 0 Å². The molecule has 2 N–H and O–H groups in total. The van der Waals surface area contributed by atoms with E-state index in [4.69, 9.17) is 4.74 Å². The number of carbonyl (C=O) groups excluding carboxylic acids is 1. The molecule has 0 aromatic heterocycles. The van der Waals surface area contributed by atoms with Crippen LogP contribution in [0.25, 0.3) is 0 Å². The van der Waals surface area contributed by atoms with E-state index in [2.05, 4.69) is 10.0 Å². The maximum atomic E-state index is 12.4. The zero-order chi connectivity index (χ0) is 17.6. The number of nitrogens with one attached hydrogen (secondary N) is 2. The Bertz CT molecular complexity index is 805. The molecule has 0 heterocycles. The summed E-state index contributed by atoms with van der Waals surface area (Å²) in [6.07, 6.45) is 1.92. The molecular weight excluding hydrogens is 348 g/mol. The standard InChI is InChI=1S/C16H18N2O4S2/c1-17-16(19)11-22-13-6-8-15(9-7-13)24(20,21)18-12-4-3-5-14(10-12)23-2/h3-10,18H,11H2,1-2H3,(H,17,19). The number of sulfonamides is 1. The molecule has 0 aliphatic heterocycles. The van der Waals surface area contributed by atoms with Crippen LogP contribution in [0.1, 0.15) is 0 Å². The minimum atomic E-state index is -3.69. The highest BCUT2D eigenvalue weighted by molar-refractivity contribution is 7.98. The second kappa shape index (κ2) is 8.07. The number of hydrogen-bond donors (Lipinski definition) is 2. The van der Waals surface area contributed by atoms with Crippen molar-refractivity contribution in [3.63, 3.8) is 0 Å². The van der Waals surface area contributed by atoms with Crippen molar-refractivity contribution in [3.8, 4) is 5.75 Å². The van der Waals surface area contributed by atoms with Gasteiger partial charge in [-0.15, -0.1) is 11.8 Å². The van der Waals surface area contributed by atoms with Crippen LogP contribution in [0.15, 0.2) is 58.3 Å². The molecule has 1 amide bonds. The lowest BCUT2D eigenvalue weighted by Crippen LogP contribution is -2.24. The number of carbonyl (C=O) groups is 1. The molecule has 8 heteroatoms. The quantitative estimate of drug-likeness (QED) is 0.735. The normalized spacial score (nSPS) is 10.9. The molecular formula is C16H18N2O4S2. The zero-order valence-electron chi connectivity index (χ0n) is 13.3. The van der Waals surface area contributed by atoms with Crippen molar-refractivity contribution in [2.75, 3.05) is 24.6 Å². The Morgan fingerprint density at radius 1 is 1.17 bits per heavy atom. The number of rotatable bonds is 7. The average molecular weight is 366 g/mol. The van der Waals surface area contributed by atoms with Crippen LogP contribution >= 0.6 is 11.8 Å². The maximum Gasteiger partial charge on any atom is 0.261 e. The Morgan fingerprint density at radius 3 is 2.50 bits per heavy atom. The van der Waals surface area contributed by atoms with Crippen LogP contribution in [-0.2, 0) is 14.8 Å². The van der Waals surface area contributed by atoms with Crippen LogP contribution < -0.4 is 14.8 Å². The summed E-state index contributed by atoms with van der Waals surface area (Å²) in [6, 6.07) is 13.0. The molecule has 24 heavy (non-hydrogen) atoms. The fraction of sp³-hybridized carbons (Fsp3) is 0.188. The fourth-order valence-corrected chi connectivity index (χ4v) is 3.35. The van der Waals surface area contributed by atoms with Crippen molar-refractivity contribution >= 4 is 33.4 Å². The Kier molecular flexibility index (Phi) is 6.10. The van der Waals surface area contributed by atoms with Crippen molar-refractivity contribution < 1.29 is 17.9 Å². The Hall–Kier alpha value is -2.19. The first kappa shape index (κ1) is 18.2. The molecule has 0 atom stereocenters. The maximum absolute atomic E-state index is 12.4. The van der Waals surface area contributed by atoms with Crippen LogP contribution in [0.5, 0.6) is 5.75 Å². The van der Waals surface area contributed by atoms with Gasteiger partial charge in [0.05, 0.1) is 4.90 Å². The highest BCUT2D eigenvalue weighted by atomic mass is 32.2. The largest absolute Gasteiger partial charge is 0.484 e. The number of ether oxygens (including phenoxy) is 1. The van der Waals surface area contributed by atoms with E-state index in [0.29, 0.717) is 11.4 Å². The SMILES string of the molecule is CNC(=O)COc1ccc(S(=O)(=O)Nc2cccc(SC)c2)cc1. The molecule has 0 bridgehead atoms. The number of benzene rings is 2. The van der Waals surface area contributed by atoms with E-state index in [1.807, 2.05) is 12.3 Å². The van der Waals surface area contributed by atoms with E-state index in [0.717, 1.165) is 4.90 Å². The molecule has 0 radical (unpaired) electrons. The van der Waals surface area contributed by atoms with E-state index < -0.39 is 10.0 Å². The Labute approximate surface area is 145 Å². The Morgan fingerprint density at radius 2 is 1.88 bits per heavy atom. The van der Waals surface area contributed by atoms with Crippen molar-refractivity contribution in [1.82, 2.24) is 5.32 Å². The molecule has 6 nitrogen and oxygen atoms in total. The van der Waals surface area contributed by atoms with Gasteiger partial charge in [0.1, 0.15) is 5.75 Å². The molecule has 128 valence electrons. The molecule has 0 fully saturated rings. The van der Waals surface area contributed by atoms with Crippen LogP contribution in [0.3, 0.4) is 0 Å². The van der Waals surface area contributed by atoms with E-state index in [1.165, 1.54) is 43.1 Å². The third kappa shape index (κ3) is 4.90. The van der Waals surface area contributed by atoms with Gasteiger partial charge >= 0.3 is 0 Å². The van der Waals surface area contributed by atoms with Crippen LogP contribution in [0, 0.1) is 0 Å². The lowest BCUT2D eigenvalue weighted by atomic mass is 10.3. The molecule has 2 aromatic carbocycles. The fourth-order valence-electron chi connectivity index (χ4n) is 1.84. The van der Waals surface area contributed by atoms with Gasteiger partial charge in [-0.3, -0.25) is 9.52 Å². The number of amides is 1. The molecule has 2 rings (SSSR count). The second-order valence-electron chi connectivity index (χ2n) is 4.77. The van der Waals surface area contributed by atoms with E-state index in [1.54, 1.807) is 18.2 Å². The second-order valence-corrected chi connectivity index (χ2v) is 7.33. The molecule has 0 saturated carbocycles. The Balaban J connectivity index is 2.10. The molecule has 0 unspecified atom stereocenters. The van der Waals surface area contributed by atoms with Crippen LogP contribution in [0.2, 0.25) is 0 Å². The lowest BCUT2D eigenvalue weighted by molar-refractivity contribution is -0.122. The summed E-state index contributed by atoms with van der Waals surface area (Å²) in [7, 11) is -2.17. The topological polar surface area (TPSA) is 84.5 Å². The summed E-state index contributed by atoms with van der Waals surface area (Å²) in [5.74, 6) is 0.156. The zero-order valence-corrected chi connectivity index (χ0v) is 14.9. The molecule has 0 aliphatic carbocycles. The van der Waals surface area contributed by atoms with Gasteiger partial charge in [0.2, 0.25) is 0 Å². The smallest absolute Gasteiger partial charge is 0.261 e. The van der Waals surface area contributed by atoms with Crippen LogP contribution in [0.4, 0.5) is 5.69 Å². The summed E-state index contributed by atoms with van der Waals surface area (Å²) in [5, 5.41) is 2.44. The number of hydrogen-bond acceptors (Lipinski definition) is 5. The molecule has 0 spiro atoms. The molecule has 0 saturated heterocycles. The third-order valence-corrected chi connectivity index (χ3v) is 5.23. The third-order valence-electron chi connectivity index (χ3n) is 3.10. The predicted octanol–water partition coefficient (Wildman–Crippen LogP) is 2.33. The number of likely N-dealkylation sites (N-methyl/N-ethyl adjacent to an activating group) is 1. The summed E-state index contributed by atoms with van der Waals surface area (Å²) in [6.45, 7) is -0.123. The van der Waals surface area contributed by atoms with Crippen molar-refractivity contribution in [3.05, 3.63) is 48.5 Å².